The molecule has 1 atom stereocenters. The first-order chi connectivity index (χ1) is 8.56. The topological polar surface area (TPSA) is 66.9 Å². The number of carbonyl (C=O) groups excluding carboxylic acids is 1. The normalized spacial score (nSPS) is 12.0. The molecule has 0 fully saturated rings. The molecule has 0 aromatic carbocycles. The van der Waals surface area contributed by atoms with Crippen LogP contribution in [0.3, 0.4) is 0 Å². The highest BCUT2D eigenvalue weighted by atomic mass is 35.5. The van der Waals surface area contributed by atoms with Crippen LogP contribution in [-0.4, -0.2) is 28.5 Å². The highest BCUT2D eigenvalue weighted by Gasteiger charge is 2.12. The summed E-state index contributed by atoms with van der Waals surface area (Å²) in [6.07, 6.45) is 1.72. The maximum absolute atomic E-state index is 11.6. The molecule has 1 rings (SSSR count). The van der Waals surface area contributed by atoms with Gasteiger partial charge in [-0.15, -0.1) is 0 Å². The molecule has 0 saturated heterocycles. The third-order valence-corrected chi connectivity index (χ3v) is 2.52. The number of likely N-dealkylation sites (N-methyl/N-ethyl adjacent to an activating group) is 1. The van der Waals surface area contributed by atoms with Crippen molar-refractivity contribution in [3.63, 3.8) is 0 Å². The van der Waals surface area contributed by atoms with Gasteiger partial charge in [-0.3, -0.25) is 4.79 Å². The number of rotatable bonds is 6. The predicted molar refractivity (Wildman–Crippen MR) is 72.8 cm³/mol. The van der Waals surface area contributed by atoms with Gasteiger partial charge in [-0.05, 0) is 20.3 Å². The fraction of sp³-hybridized carbons (Fsp3) is 0.583. The summed E-state index contributed by atoms with van der Waals surface area (Å²) in [7, 11) is 0. The van der Waals surface area contributed by atoms with Crippen LogP contribution in [0, 0.1) is 0 Å². The van der Waals surface area contributed by atoms with Crippen molar-refractivity contribution in [3.05, 3.63) is 17.0 Å². The molecule has 0 radical (unpaired) electrons. The third-order valence-electron chi connectivity index (χ3n) is 2.32. The molecule has 0 aliphatic carbocycles. The van der Waals surface area contributed by atoms with Gasteiger partial charge in [-0.25, -0.2) is 9.97 Å². The largest absolute Gasteiger partial charge is 0.358 e. The Kier molecular flexibility index (Phi) is 5.85. The van der Waals surface area contributed by atoms with E-state index in [0.29, 0.717) is 23.3 Å². The zero-order chi connectivity index (χ0) is 13.5. The van der Waals surface area contributed by atoms with E-state index in [9.17, 15) is 4.79 Å². The van der Waals surface area contributed by atoms with Crippen LogP contribution < -0.4 is 10.6 Å². The molecular weight excluding hydrogens is 252 g/mol. The van der Waals surface area contributed by atoms with E-state index in [0.717, 1.165) is 12.8 Å². The van der Waals surface area contributed by atoms with Gasteiger partial charge in [-0.1, -0.05) is 18.5 Å². The lowest BCUT2D eigenvalue weighted by Gasteiger charge is -2.14. The van der Waals surface area contributed by atoms with Crippen molar-refractivity contribution in [1.29, 1.82) is 0 Å². The first-order valence-electron chi connectivity index (χ1n) is 6.14. The molecule has 1 unspecified atom stereocenters. The Morgan fingerprint density at radius 3 is 2.78 bits per heavy atom. The Hall–Kier alpha value is -1.36. The van der Waals surface area contributed by atoms with Crippen LogP contribution in [0.2, 0.25) is 5.15 Å². The molecule has 2 N–H and O–H groups in total. The Balaban J connectivity index is 2.74. The van der Waals surface area contributed by atoms with E-state index in [4.69, 9.17) is 11.6 Å². The molecule has 1 aromatic rings. The number of aryl methyl sites for hydroxylation is 1. The Morgan fingerprint density at radius 2 is 2.17 bits per heavy atom. The average Bonchev–Trinajstić information content (AvgIpc) is 2.28. The molecule has 1 amide bonds. The number of nitrogens with zero attached hydrogens (tertiary/aromatic N) is 2. The summed E-state index contributed by atoms with van der Waals surface area (Å²) in [6.45, 7) is 6.32. The predicted octanol–water partition coefficient (Wildman–Crippen LogP) is 2.02. The molecule has 1 heterocycles. The summed E-state index contributed by atoms with van der Waals surface area (Å²) < 4.78 is 0. The van der Waals surface area contributed by atoms with Crippen molar-refractivity contribution in [3.8, 4) is 0 Å². The molecule has 100 valence electrons. The summed E-state index contributed by atoms with van der Waals surface area (Å²) >= 11 is 5.92. The summed E-state index contributed by atoms with van der Waals surface area (Å²) in [5.74, 6) is 1.21. The Morgan fingerprint density at radius 1 is 1.44 bits per heavy atom. The van der Waals surface area contributed by atoms with Gasteiger partial charge in [0, 0.05) is 19.0 Å². The molecule has 0 saturated carbocycles. The quantitative estimate of drug-likeness (QED) is 0.776. The van der Waals surface area contributed by atoms with Crippen LogP contribution in [0.1, 0.15) is 33.0 Å². The number of amides is 1. The molecule has 5 nitrogen and oxygen atoms in total. The first kappa shape index (κ1) is 14.7. The van der Waals surface area contributed by atoms with Gasteiger partial charge in [-0.2, -0.15) is 0 Å². The van der Waals surface area contributed by atoms with Crippen LogP contribution in [-0.2, 0) is 11.2 Å². The van der Waals surface area contributed by atoms with E-state index in [1.165, 1.54) is 0 Å². The summed E-state index contributed by atoms with van der Waals surface area (Å²) in [6, 6.07) is 1.27. The fourth-order valence-corrected chi connectivity index (χ4v) is 1.69. The van der Waals surface area contributed by atoms with Crippen molar-refractivity contribution in [2.45, 2.75) is 39.7 Å². The summed E-state index contributed by atoms with van der Waals surface area (Å²) in [5.41, 5.74) is 0. The molecule has 0 bridgehead atoms. The highest BCUT2D eigenvalue weighted by molar-refractivity contribution is 6.29. The molecular formula is C12H19ClN4O. The first-order valence-corrected chi connectivity index (χ1v) is 6.52. The minimum absolute atomic E-state index is 0.0655. The molecule has 18 heavy (non-hydrogen) atoms. The minimum atomic E-state index is -0.356. The van der Waals surface area contributed by atoms with Gasteiger partial charge < -0.3 is 10.6 Å². The molecule has 0 aliphatic rings. The van der Waals surface area contributed by atoms with Gasteiger partial charge in [0.15, 0.2) is 0 Å². The van der Waals surface area contributed by atoms with Crippen molar-refractivity contribution < 1.29 is 4.79 Å². The van der Waals surface area contributed by atoms with Gasteiger partial charge >= 0.3 is 0 Å². The highest BCUT2D eigenvalue weighted by Crippen LogP contribution is 2.13. The van der Waals surface area contributed by atoms with Crippen molar-refractivity contribution in [2.75, 3.05) is 11.9 Å². The number of hydrogen-bond acceptors (Lipinski definition) is 4. The molecule has 0 spiro atoms. The maximum Gasteiger partial charge on any atom is 0.242 e. The van der Waals surface area contributed by atoms with E-state index in [1.54, 1.807) is 13.0 Å². The number of hydrogen-bond donors (Lipinski definition) is 2. The van der Waals surface area contributed by atoms with E-state index in [1.807, 2.05) is 6.92 Å². The lowest BCUT2D eigenvalue weighted by Crippen LogP contribution is -2.37. The zero-order valence-corrected chi connectivity index (χ0v) is 11.7. The molecule has 0 aliphatic heterocycles. The van der Waals surface area contributed by atoms with Crippen LogP contribution in [0.15, 0.2) is 6.07 Å². The van der Waals surface area contributed by atoms with Crippen molar-refractivity contribution in [2.24, 2.45) is 0 Å². The average molecular weight is 271 g/mol. The monoisotopic (exact) mass is 270 g/mol. The van der Waals surface area contributed by atoms with Crippen LogP contribution >= 0.6 is 11.6 Å². The lowest BCUT2D eigenvalue weighted by molar-refractivity contribution is -0.121. The van der Waals surface area contributed by atoms with E-state index < -0.39 is 0 Å². The Bertz CT molecular complexity index is 411. The molecule has 6 heteroatoms. The maximum atomic E-state index is 11.6. The van der Waals surface area contributed by atoms with Crippen molar-refractivity contribution >= 4 is 23.3 Å². The zero-order valence-electron chi connectivity index (χ0n) is 11.0. The number of aromatic nitrogens is 2. The number of halogens is 1. The number of anilines is 1. The summed E-state index contributed by atoms with van der Waals surface area (Å²) in [4.78, 5) is 20.0. The van der Waals surface area contributed by atoms with Crippen LogP contribution in [0.25, 0.3) is 0 Å². The lowest BCUT2D eigenvalue weighted by atomic mass is 10.3. The number of nitrogens with one attached hydrogen (secondary N) is 2. The van der Waals surface area contributed by atoms with Crippen LogP contribution in [0.4, 0.5) is 5.82 Å². The SMILES string of the molecule is CCCc1nc(Cl)cc(NC(C)C(=O)NCC)n1. The Labute approximate surface area is 112 Å². The standard InChI is InChI=1S/C12H19ClN4O/c1-4-6-10-16-9(13)7-11(17-10)15-8(3)12(18)14-5-2/h7-8H,4-6H2,1-3H3,(H,14,18)(H,15,16,17). The van der Waals surface area contributed by atoms with Gasteiger partial charge in [0.1, 0.15) is 22.8 Å². The minimum Gasteiger partial charge on any atom is -0.358 e. The smallest absolute Gasteiger partial charge is 0.242 e. The van der Waals surface area contributed by atoms with E-state index in [2.05, 4.69) is 27.5 Å². The second kappa shape index (κ2) is 7.16. The van der Waals surface area contributed by atoms with Gasteiger partial charge in [0.25, 0.3) is 0 Å². The van der Waals surface area contributed by atoms with Gasteiger partial charge in [0.05, 0.1) is 0 Å². The van der Waals surface area contributed by atoms with E-state index >= 15 is 0 Å². The molecule has 1 aromatic heterocycles. The summed E-state index contributed by atoms with van der Waals surface area (Å²) in [5, 5.41) is 6.15. The van der Waals surface area contributed by atoms with Crippen molar-refractivity contribution in [1.82, 2.24) is 15.3 Å². The second-order valence-electron chi connectivity index (χ2n) is 4.00. The van der Waals surface area contributed by atoms with E-state index in [-0.39, 0.29) is 11.9 Å². The fourth-order valence-electron chi connectivity index (χ4n) is 1.49. The van der Waals surface area contributed by atoms with Gasteiger partial charge in [0.2, 0.25) is 5.91 Å². The second-order valence-corrected chi connectivity index (χ2v) is 4.39. The van der Waals surface area contributed by atoms with Crippen LogP contribution in [0.5, 0.6) is 0 Å². The third kappa shape index (κ3) is 4.49. The number of carbonyl (C=O) groups is 1.